The third-order valence-electron chi connectivity index (χ3n) is 3.88. The van der Waals surface area contributed by atoms with Gasteiger partial charge in [-0.2, -0.15) is 0 Å². The smallest absolute Gasteiger partial charge is 0.247 e. The molecule has 0 spiro atoms. The molecule has 1 aromatic heterocycles. The maximum Gasteiger partial charge on any atom is 0.247 e. The second-order valence-corrected chi connectivity index (χ2v) is 7.40. The molecular weight excluding hydrogens is 350 g/mol. The first kappa shape index (κ1) is 18.1. The summed E-state index contributed by atoms with van der Waals surface area (Å²) >= 11 is 6.35. The van der Waals surface area contributed by atoms with Crippen LogP contribution >= 0.6 is 11.6 Å². The molecule has 6 heteroatoms. The van der Waals surface area contributed by atoms with Crippen molar-refractivity contribution in [3.8, 4) is 11.5 Å². The molecule has 0 aliphatic rings. The SMILES string of the molecule is CC(C)(C)C(=O)N[C@@H](c1nnc(-c2ccccc2)o1)c1ccccc1Cl. The fourth-order valence-corrected chi connectivity index (χ4v) is 2.62. The molecule has 0 fully saturated rings. The summed E-state index contributed by atoms with van der Waals surface area (Å²) < 4.78 is 5.86. The summed E-state index contributed by atoms with van der Waals surface area (Å²) in [4.78, 5) is 12.6. The van der Waals surface area contributed by atoms with Gasteiger partial charge in [-0.05, 0) is 18.2 Å². The van der Waals surface area contributed by atoms with Crippen LogP contribution in [0.15, 0.2) is 59.0 Å². The molecule has 3 aromatic rings. The molecule has 5 nitrogen and oxygen atoms in total. The Kier molecular flexibility index (Phi) is 5.09. The minimum Gasteiger partial charge on any atom is -0.418 e. The van der Waals surface area contributed by atoms with E-state index in [4.69, 9.17) is 16.0 Å². The van der Waals surface area contributed by atoms with E-state index >= 15 is 0 Å². The van der Waals surface area contributed by atoms with Crippen molar-refractivity contribution in [1.82, 2.24) is 15.5 Å². The quantitative estimate of drug-likeness (QED) is 0.727. The zero-order valence-corrected chi connectivity index (χ0v) is 15.6. The van der Waals surface area contributed by atoms with Crippen molar-refractivity contribution in [2.45, 2.75) is 26.8 Å². The fourth-order valence-electron chi connectivity index (χ4n) is 2.38. The molecule has 0 saturated carbocycles. The first-order chi connectivity index (χ1) is 12.4. The van der Waals surface area contributed by atoms with E-state index in [1.807, 2.05) is 69.3 Å². The third kappa shape index (κ3) is 3.94. The Balaban J connectivity index is 2.00. The summed E-state index contributed by atoms with van der Waals surface area (Å²) in [5.41, 5.74) is 0.947. The number of carbonyl (C=O) groups is 1. The lowest BCUT2D eigenvalue weighted by molar-refractivity contribution is -0.129. The molecule has 3 rings (SSSR count). The summed E-state index contributed by atoms with van der Waals surface area (Å²) in [7, 11) is 0. The Morgan fingerprint density at radius 3 is 2.35 bits per heavy atom. The molecule has 0 aliphatic heterocycles. The molecule has 1 N–H and O–H groups in total. The molecule has 26 heavy (non-hydrogen) atoms. The number of amides is 1. The van der Waals surface area contributed by atoms with Gasteiger partial charge >= 0.3 is 0 Å². The third-order valence-corrected chi connectivity index (χ3v) is 4.23. The lowest BCUT2D eigenvalue weighted by Crippen LogP contribution is -2.38. The number of nitrogens with one attached hydrogen (secondary N) is 1. The molecule has 0 unspecified atom stereocenters. The van der Waals surface area contributed by atoms with Gasteiger partial charge in [-0.25, -0.2) is 0 Å². The monoisotopic (exact) mass is 369 g/mol. The summed E-state index contributed by atoms with van der Waals surface area (Å²) in [6, 6.07) is 16.1. The van der Waals surface area contributed by atoms with Crippen molar-refractivity contribution in [2.75, 3.05) is 0 Å². The van der Waals surface area contributed by atoms with Crippen LogP contribution in [0.4, 0.5) is 0 Å². The van der Waals surface area contributed by atoms with Crippen LogP contribution in [0.25, 0.3) is 11.5 Å². The Bertz CT molecular complexity index is 901. The predicted octanol–water partition coefficient (Wildman–Crippen LogP) is 4.64. The standard InChI is InChI=1S/C20H20ClN3O2/c1-20(2,3)19(25)22-16(14-11-7-8-12-15(14)21)18-24-23-17(26-18)13-9-5-4-6-10-13/h4-12,16H,1-3H3,(H,22,25)/t16-/m1/s1. The van der Waals surface area contributed by atoms with Crippen LogP contribution in [0.3, 0.4) is 0 Å². The summed E-state index contributed by atoms with van der Waals surface area (Å²) in [6.45, 7) is 5.53. The largest absolute Gasteiger partial charge is 0.418 e. The van der Waals surface area contributed by atoms with Crippen molar-refractivity contribution < 1.29 is 9.21 Å². The van der Waals surface area contributed by atoms with Gasteiger partial charge in [-0.1, -0.05) is 68.8 Å². The van der Waals surface area contributed by atoms with Crippen LogP contribution in [-0.4, -0.2) is 16.1 Å². The van der Waals surface area contributed by atoms with Gasteiger partial charge in [0.15, 0.2) is 0 Å². The number of aromatic nitrogens is 2. The summed E-state index contributed by atoms with van der Waals surface area (Å²) in [5, 5.41) is 11.8. The van der Waals surface area contributed by atoms with E-state index in [2.05, 4.69) is 15.5 Å². The van der Waals surface area contributed by atoms with Crippen molar-refractivity contribution in [2.24, 2.45) is 5.41 Å². The van der Waals surface area contributed by atoms with Crippen molar-refractivity contribution >= 4 is 17.5 Å². The van der Waals surface area contributed by atoms with E-state index in [-0.39, 0.29) is 11.8 Å². The Morgan fingerprint density at radius 1 is 1.04 bits per heavy atom. The number of halogens is 1. The molecule has 0 radical (unpaired) electrons. The average Bonchev–Trinajstić information content (AvgIpc) is 3.10. The zero-order chi connectivity index (χ0) is 18.7. The van der Waals surface area contributed by atoms with Gasteiger partial charge in [-0.3, -0.25) is 4.79 Å². The van der Waals surface area contributed by atoms with Crippen LogP contribution in [-0.2, 0) is 4.79 Å². The Labute approximate surface area is 157 Å². The van der Waals surface area contributed by atoms with Crippen molar-refractivity contribution in [1.29, 1.82) is 0 Å². The average molecular weight is 370 g/mol. The zero-order valence-electron chi connectivity index (χ0n) is 14.9. The van der Waals surface area contributed by atoms with Crippen LogP contribution in [0.2, 0.25) is 5.02 Å². The number of hydrogen-bond donors (Lipinski definition) is 1. The molecule has 2 aromatic carbocycles. The number of hydrogen-bond acceptors (Lipinski definition) is 4. The minimum atomic E-state index is -0.625. The first-order valence-electron chi connectivity index (χ1n) is 8.30. The summed E-state index contributed by atoms with van der Waals surface area (Å²) in [5.74, 6) is 0.541. The highest BCUT2D eigenvalue weighted by molar-refractivity contribution is 6.31. The van der Waals surface area contributed by atoms with E-state index in [1.54, 1.807) is 6.07 Å². The molecule has 1 atom stereocenters. The van der Waals surface area contributed by atoms with Crippen molar-refractivity contribution in [3.63, 3.8) is 0 Å². The second-order valence-electron chi connectivity index (χ2n) is 6.99. The van der Waals surface area contributed by atoms with E-state index in [1.165, 1.54) is 0 Å². The highest BCUT2D eigenvalue weighted by Gasteiger charge is 2.30. The van der Waals surface area contributed by atoms with E-state index in [0.717, 1.165) is 5.56 Å². The maximum atomic E-state index is 12.6. The molecule has 1 heterocycles. The lowest BCUT2D eigenvalue weighted by Gasteiger charge is -2.23. The number of rotatable bonds is 4. The van der Waals surface area contributed by atoms with Gasteiger partial charge in [0.1, 0.15) is 6.04 Å². The highest BCUT2D eigenvalue weighted by Crippen LogP contribution is 2.30. The lowest BCUT2D eigenvalue weighted by atomic mass is 9.94. The fraction of sp³-hybridized carbons (Fsp3) is 0.250. The molecular formula is C20H20ClN3O2. The first-order valence-corrected chi connectivity index (χ1v) is 8.68. The van der Waals surface area contributed by atoms with Crippen LogP contribution in [0.1, 0.15) is 38.3 Å². The minimum absolute atomic E-state index is 0.137. The van der Waals surface area contributed by atoms with Gasteiger partial charge in [0.25, 0.3) is 0 Å². The van der Waals surface area contributed by atoms with Crippen LogP contribution < -0.4 is 5.32 Å². The predicted molar refractivity (Wildman–Crippen MR) is 101 cm³/mol. The topological polar surface area (TPSA) is 68.0 Å². The Hall–Kier alpha value is -2.66. The normalized spacial score (nSPS) is 12.6. The molecule has 0 bridgehead atoms. The maximum absolute atomic E-state index is 12.6. The van der Waals surface area contributed by atoms with Gasteiger partial charge in [0.2, 0.25) is 17.7 Å². The molecule has 1 amide bonds. The van der Waals surface area contributed by atoms with E-state index < -0.39 is 11.5 Å². The van der Waals surface area contributed by atoms with Crippen LogP contribution in [0.5, 0.6) is 0 Å². The summed E-state index contributed by atoms with van der Waals surface area (Å²) in [6.07, 6.45) is 0. The van der Waals surface area contributed by atoms with Gasteiger partial charge in [-0.15, -0.1) is 10.2 Å². The number of carbonyl (C=O) groups excluding carboxylic acids is 1. The van der Waals surface area contributed by atoms with Gasteiger partial charge in [0, 0.05) is 21.6 Å². The van der Waals surface area contributed by atoms with Gasteiger partial charge in [0.05, 0.1) is 0 Å². The van der Waals surface area contributed by atoms with E-state index in [9.17, 15) is 4.79 Å². The highest BCUT2D eigenvalue weighted by atomic mass is 35.5. The second kappa shape index (κ2) is 7.30. The number of benzene rings is 2. The molecule has 0 aliphatic carbocycles. The van der Waals surface area contributed by atoms with Crippen molar-refractivity contribution in [3.05, 3.63) is 71.1 Å². The van der Waals surface area contributed by atoms with E-state index in [0.29, 0.717) is 16.5 Å². The van der Waals surface area contributed by atoms with Crippen LogP contribution in [0, 0.1) is 5.41 Å². The number of nitrogens with zero attached hydrogens (tertiary/aromatic N) is 2. The molecule has 0 saturated heterocycles. The van der Waals surface area contributed by atoms with Gasteiger partial charge < -0.3 is 9.73 Å². The molecule has 134 valence electrons. The Morgan fingerprint density at radius 2 is 1.69 bits per heavy atom.